The number of non-ortho nitro benzene ring substituents is 1. The third-order valence-corrected chi connectivity index (χ3v) is 3.90. The van der Waals surface area contributed by atoms with Crippen molar-refractivity contribution in [1.29, 1.82) is 0 Å². The van der Waals surface area contributed by atoms with Gasteiger partial charge in [0.05, 0.1) is 9.85 Å². The van der Waals surface area contributed by atoms with Gasteiger partial charge < -0.3 is 5.32 Å². The van der Waals surface area contributed by atoms with Crippen molar-refractivity contribution in [3.05, 3.63) is 67.1 Å². The van der Waals surface area contributed by atoms with Crippen LogP contribution in [0.15, 0.2) is 36.4 Å². The molecule has 0 amide bonds. The highest BCUT2D eigenvalue weighted by atomic mass is 32.1. The zero-order valence-electron chi connectivity index (χ0n) is 11.0. The highest BCUT2D eigenvalue weighted by molar-refractivity contribution is 7.15. The minimum absolute atomic E-state index is 0.0811. The Morgan fingerprint density at radius 3 is 2.29 bits per heavy atom. The molecular formula is C13H13N3O4S. The van der Waals surface area contributed by atoms with Crippen molar-refractivity contribution in [1.82, 2.24) is 5.32 Å². The van der Waals surface area contributed by atoms with E-state index < -0.39 is 9.85 Å². The molecule has 2 rings (SSSR count). The molecule has 0 aliphatic carbocycles. The predicted molar refractivity (Wildman–Crippen MR) is 79.5 cm³/mol. The summed E-state index contributed by atoms with van der Waals surface area (Å²) in [7, 11) is 0. The number of nitro benzene ring substituents is 1. The van der Waals surface area contributed by atoms with Crippen LogP contribution in [0.1, 0.15) is 10.4 Å². The van der Waals surface area contributed by atoms with Crippen LogP contribution in [0.25, 0.3) is 0 Å². The minimum Gasteiger partial charge on any atom is -0.312 e. The van der Waals surface area contributed by atoms with Crippen molar-refractivity contribution < 1.29 is 9.85 Å². The summed E-state index contributed by atoms with van der Waals surface area (Å²) in [5.41, 5.74) is 1.09. The number of rotatable bonds is 7. The van der Waals surface area contributed by atoms with Gasteiger partial charge in [-0.25, -0.2) is 0 Å². The fourth-order valence-corrected chi connectivity index (χ4v) is 2.58. The second-order valence-corrected chi connectivity index (χ2v) is 5.49. The van der Waals surface area contributed by atoms with Gasteiger partial charge in [-0.1, -0.05) is 23.5 Å². The van der Waals surface area contributed by atoms with E-state index in [0.29, 0.717) is 13.1 Å². The molecule has 0 aliphatic heterocycles. The molecule has 0 fully saturated rings. The van der Waals surface area contributed by atoms with Crippen LogP contribution >= 0.6 is 11.3 Å². The molecule has 2 aromatic rings. The van der Waals surface area contributed by atoms with E-state index in [1.165, 1.54) is 18.2 Å². The summed E-state index contributed by atoms with van der Waals surface area (Å²) < 4.78 is 0. The van der Waals surface area contributed by atoms with Gasteiger partial charge in [-0.05, 0) is 24.6 Å². The van der Waals surface area contributed by atoms with Crippen molar-refractivity contribution in [3.63, 3.8) is 0 Å². The van der Waals surface area contributed by atoms with Crippen LogP contribution in [0.4, 0.5) is 10.7 Å². The Morgan fingerprint density at radius 1 is 1.00 bits per heavy atom. The van der Waals surface area contributed by atoms with Gasteiger partial charge in [0.15, 0.2) is 0 Å². The molecule has 0 spiro atoms. The van der Waals surface area contributed by atoms with E-state index >= 15 is 0 Å². The summed E-state index contributed by atoms with van der Waals surface area (Å²) in [6.07, 6.45) is 0.742. The molecule has 1 aromatic carbocycles. The summed E-state index contributed by atoms with van der Waals surface area (Å²) in [5, 5.41) is 24.4. The molecule has 1 aromatic heterocycles. The number of hydrogen-bond donors (Lipinski definition) is 1. The number of nitrogens with zero attached hydrogens (tertiary/aromatic N) is 2. The first kappa shape index (κ1) is 15.1. The van der Waals surface area contributed by atoms with Gasteiger partial charge in [-0.3, -0.25) is 20.2 Å². The monoisotopic (exact) mass is 307 g/mol. The number of nitrogens with one attached hydrogen (secondary N) is 1. The Balaban J connectivity index is 1.76. The predicted octanol–water partition coefficient (Wildman–Crippen LogP) is 2.90. The third-order valence-electron chi connectivity index (χ3n) is 2.86. The summed E-state index contributed by atoms with van der Waals surface area (Å²) in [4.78, 5) is 21.2. The average molecular weight is 307 g/mol. The van der Waals surface area contributed by atoms with Crippen molar-refractivity contribution in [2.24, 2.45) is 0 Å². The van der Waals surface area contributed by atoms with Gasteiger partial charge in [-0.2, -0.15) is 0 Å². The van der Waals surface area contributed by atoms with Gasteiger partial charge in [-0.15, -0.1) is 0 Å². The van der Waals surface area contributed by atoms with Crippen molar-refractivity contribution >= 4 is 22.0 Å². The maximum absolute atomic E-state index is 10.6. The van der Waals surface area contributed by atoms with E-state index in [1.807, 2.05) is 0 Å². The van der Waals surface area contributed by atoms with E-state index in [0.717, 1.165) is 28.2 Å². The molecular weight excluding hydrogens is 294 g/mol. The van der Waals surface area contributed by atoms with E-state index in [1.54, 1.807) is 18.2 Å². The van der Waals surface area contributed by atoms with Crippen LogP contribution in [0, 0.1) is 20.2 Å². The molecule has 21 heavy (non-hydrogen) atoms. The zero-order chi connectivity index (χ0) is 15.2. The fraction of sp³-hybridized carbons (Fsp3) is 0.231. The Kier molecular flexibility index (Phi) is 4.96. The highest BCUT2D eigenvalue weighted by Crippen LogP contribution is 2.23. The van der Waals surface area contributed by atoms with Gasteiger partial charge in [0.2, 0.25) is 0 Å². The van der Waals surface area contributed by atoms with Gasteiger partial charge in [0.25, 0.3) is 5.69 Å². The van der Waals surface area contributed by atoms with Crippen LogP contribution < -0.4 is 5.32 Å². The Morgan fingerprint density at radius 2 is 1.71 bits per heavy atom. The lowest BCUT2D eigenvalue weighted by Crippen LogP contribution is -2.15. The molecule has 0 radical (unpaired) electrons. The van der Waals surface area contributed by atoms with Gasteiger partial charge in [0.1, 0.15) is 0 Å². The minimum atomic E-state index is -0.425. The smallest absolute Gasteiger partial charge is 0.312 e. The Labute approximate surface area is 124 Å². The number of nitro groups is 2. The van der Waals surface area contributed by atoms with E-state index in [-0.39, 0.29) is 10.7 Å². The molecule has 0 atom stereocenters. The second kappa shape index (κ2) is 6.91. The van der Waals surface area contributed by atoms with Crippen molar-refractivity contribution in [2.45, 2.75) is 13.0 Å². The van der Waals surface area contributed by atoms with E-state index in [4.69, 9.17) is 0 Å². The van der Waals surface area contributed by atoms with E-state index in [9.17, 15) is 20.2 Å². The first-order valence-corrected chi connectivity index (χ1v) is 7.05. The lowest BCUT2D eigenvalue weighted by molar-refractivity contribution is -0.384. The van der Waals surface area contributed by atoms with Crippen LogP contribution in [0.3, 0.4) is 0 Å². The molecule has 1 N–H and O–H groups in total. The summed E-state index contributed by atoms with van der Waals surface area (Å²) >= 11 is 1.16. The normalized spacial score (nSPS) is 10.5. The van der Waals surface area contributed by atoms with Crippen molar-refractivity contribution in [3.8, 4) is 0 Å². The van der Waals surface area contributed by atoms with Crippen LogP contribution in [0.5, 0.6) is 0 Å². The van der Waals surface area contributed by atoms with Crippen LogP contribution in [-0.4, -0.2) is 16.4 Å². The first-order valence-electron chi connectivity index (χ1n) is 6.23. The van der Waals surface area contributed by atoms with E-state index in [2.05, 4.69) is 5.32 Å². The first-order chi connectivity index (χ1) is 10.1. The lowest BCUT2D eigenvalue weighted by atomic mass is 10.1. The SMILES string of the molecule is O=[N+]([O-])c1ccc(CCNCc2ccc([N+](=O)[O-])s2)cc1. The third kappa shape index (κ3) is 4.33. The zero-order valence-corrected chi connectivity index (χ0v) is 11.8. The Bertz CT molecular complexity index is 639. The van der Waals surface area contributed by atoms with Crippen LogP contribution in [0.2, 0.25) is 0 Å². The largest absolute Gasteiger partial charge is 0.324 e. The second-order valence-electron chi connectivity index (χ2n) is 4.35. The standard InChI is InChI=1S/C13H13N3O4S/c17-15(18)11-3-1-10(2-4-11)7-8-14-9-12-5-6-13(21-12)16(19)20/h1-6,14H,7-9H2. The number of thiophene rings is 1. The summed E-state index contributed by atoms with van der Waals surface area (Å²) in [6.45, 7) is 1.27. The topological polar surface area (TPSA) is 98.3 Å². The molecule has 0 saturated carbocycles. The lowest BCUT2D eigenvalue weighted by Gasteiger charge is -2.03. The molecule has 0 aliphatic rings. The summed E-state index contributed by atoms with van der Waals surface area (Å²) in [6, 6.07) is 9.67. The maximum atomic E-state index is 10.6. The molecule has 0 bridgehead atoms. The number of hydrogen-bond acceptors (Lipinski definition) is 6. The van der Waals surface area contributed by atoms with Crippen molar-refractivity contribution in [2.75, 3.05) is 6.54 Å². The molecule has 0 saturated heterocycles. The maximum Gasteiger partial charge on any atom is 0.324 e. The molecule has 7 nitrogen and oxygen atoms in total. The average Bonchev–Trinajstić information content (AvgIpc) is 2.93. The molecule has 0 unspecified atom stereocenters. The molecule has 1 heterocycles. The van der Waals surface area contributed by atoms with Gasteiger partial charge >= 0.3 is 5.00 Å². The van der Waals surface area contributed by atoms with Crippen LogP contribution in [-0.2, 0) is 13.0 Å². The summed E-state index contributed by atoms with van der Waals surface area (Å²) in [5.74, 6) is 0. The Hall–Kier alpha value is -2.32. The number of benzene rings is 1. The molecule has 110 valence electrons. The highest BCUT2D eigenvalue weighted by Gasteiger charge is 2.09. The fourth-order valence-electron chi connectivity index (χ4n) is 1.79. The quantitative estimate of drug-likeness (QED) is 0.482. The van der Waals surface area contributed by atoms with Gasteiger partial charge in [0, 0.05) is 29.6 Å². The molecule has 8 heteroatoms.